The fraction of sp³-hybridized carbons (Fsp3) is 0.0952. The Morgan fingerprint density at radius 1 is 0.893 bits per heavy atom. The molecule has 0 amide bonds. The van der Waals surface area contributed by atoms with Crippen molar-refractivity contribution < 1.29 is 13.2 Å². The van der Waals surface area contributed by atoms with Crippen LogP contribution >= 0.6 is 0 Å². The summed E-state index contributed by atoms with van der Waals surface area (Å²) in [4.78, 5) is 20.8. The van der Waals surface area contributed by atoms with Crippen LogP contribution in [0.1, 0.15) is 15.9 Å². The summed E-state index contributed by atoms with van der Waals surface area (Å²) in [6, 6.07) is 15.1. The zero-order valence-electron chi connectivity index (χ0n) is 14.9. The molecule has 1 aliphatic rings. The maximum Gasteiger partial charge on any atom is 0.208 e. The summed E-state index contributed by atoms with van der Waals surface area (Å²) < 4.78 is 25.7. The normalized spacial score (nSPS) is 13.8. The van der Waals surface area contributed by atoms with Crippen LogP contribution in [0, 0.1) is 0 Å². The van der Waals surface area contributed by atoms with Gasteiger partial charge in [0.1, 0.15) is 6.54 Å². The van der Waals surface area contributed by atoms with Crippen LogP contribution in [0.15, 0.2) is 81.8 Å². The lowest BCUT2D eigenvalue weighted by Gasteiger charge is -2.16. The van der Waals surface area contributed by atoms with Crippen molar-refractivity contribution in [3.8, 4) is 11.1 Å². The van der Waals surface area contributed by atoms with E-state index in [2.05, 4.69) is 9.98 Å². The van der Waals surface area contributed by atoms with Crippen molar-refractivity contribution in [3.05, 3.63) is 78.1 Å². The molecule has 0 radical (unpaired) electrons. The van der Waals surface area contributed by atoms with Crippen molar-refractivity contribution in [2.45, 2.75) is 9.79 Å². The minimum absolute atomic E-state index is 0.0581. The van der Waals surface area contributed by atoms with Gasteiger partial charge in [0.2, 0.25) is 9.84 Å². The van der Waals surface area contributed by atoms with Crippen LogP contribution in [-0.4, -0.2) is 38.0 Å². The average molecular weight is 391 g/mol. The van der Waals surface area contributed by atoms with E-state index in [9.17, 15) is 13.2 Å². The van der Waals surface area contributed by atoms with E-state index >= 15 is 0 Å². The predicted octanol–water partition coefficient (Wildman–Crippen LogP) is 2.53. The fourth-order valence-electron chi connectivity index (χ4n) is 3.18. The molecule has 1 aromatic heterocycles. The largest absolute Gasteiger partial charge is 0.325 e. The molecule has 0 saturated heterocycles. The van der Waals surface area contributed by atoms with Crippen molar-refractivity contribution in [1.82, 2.24) is 4.98 Å². The summed E-state index contributed by atoms with van der Waals surface area (Å²) >= 11 is 0. The fourth-order valence-corrected chi connectivity index (χ4v) is 4.45. The SMILES string of the molecule is NCC1=NCC(=O)c2ccc(-c3cncc(S(=O)(=O)c4ccccc4)c3)cc21. The molecule has 0 spiro atoms. The second kappa shape index (κ2) is 7.10. The molecule has 3 aromatic rings. The standard InChI is InChI=1S/C21H17N3O3S/c22-10-20-19-9-14(6-7-18(19)21(25)13-24-20)15-8-17(12-23-11-15)28(26,27)16-4-2-1-3-5-16/h1-9,11-12H,10,13,22H2. The van der Waals surface area contributed by atoms with E-state index < -0.39 is 9.84 Å². The number of nitrogens with zero attached hydrogens (tertiary/aromatic N) is 2. The quantitative estimate of drug-likeness (QED) is 0.736. The number of aromatic nitrogens is 1. The number of hydrogen-bond acceptors (Lipinski definition) is 6. The molecule has 1 aliphatic heterocycles. The summed E-state index contributed by atoms with van der Waals surface area (Å²) in [5.74, 6) is -0.0581. The van der Waals surface area contributed by atoms with E-state index in [-0.39, 0.29) is 28.7 Å². The molecule has 0 aliphatic carbocycles. The maximum absolute atomic E-state index is 12.9. The van der Waals surface area contributed by atoms with Crippen LogP contribution in [-0.2, 0) is 9.84 Å². The van der Waals surface area contributed by atoms with Gasteiger partial charge >= 0.3 is 0 Å². The highest BCUT2D eigenvalue weighted by atomic mass is 32.2. The third-order valence-corrected chi connectivity index (χ3v) is 6.38. The molecular weight excluding hydrogens is 374 g/mol. The van der Waals surface area contributed by atoms with E-state index in [4.69, 9.17) is 5.73 Å². The molecule has 0 bridgehead atoms. The van der Waals surface area contributed by atoms with Gasteiger partial charge in [0.05, 0.1) is 15.5 Å². The van der Waals surface area contributed by atoms with Gasteiger partial charge in [-0.05, 0) is 29.8 Å². The molecule has 6 nitrogen and oxygen atoms in total. The number of sulfone groups is 1. The monoisotopic (exact) mass is 391 g/mol. The highest BCUT2D eigenvalue weighted by Gasteiger charge is 2.21. The van der Waals surface area contributed by atoms with Gasteiger partial charge in [-0.3, -0.25) is 14.8 Å². The van der Waals surface area contributed by atoms with Crippen LogP contribution in [0.2, 0.25) is 0 Å². The molecule has 4 rings (SSSR count). The zero-order chi connectivity index (χ0) is 19.7. The molecule has 0 atom stereocenters. The second-order valence-corrected chi connectivity index (χ2v) is 8.33. The molecule has 2 aromatic carbocycles. The van der Waals surface area contributed by atoms with Gasteiger partial charge in [-0.15, -0.1) is 0 Å². The van der Waals surface area contributed by atoms with Crippen molar-refractivity contribution in [1.29, 1.82) is 0 Å². The first-order valence-corrected chi connectivity index (χ1v) is 10.2. The Bertz CT molecular complexity index is 1200. The van der Waals surface area contributed by atoms with Gasteiger partial charge in [-0.1, -0.05) is 30.3 Å². The minimum atomic E-state index is -3.67. The number of benzene rings is 2. The molecule has 0 fully saturated rings. The number of rotatable bonds is 4. The summed E-state index contributed by atoms with van der Waals surface area (Å²) in [6.45, 7) is 0.329. The lowest BCUT2D eigenvalue weighted by molar-refractivity contribution is 0.1000. The van der Waals surface area contributed by atoms with Crippen LogP contribution in [0.5, 0.6) is 0 Å². The van der Waals surface area contributed by atoms with Gasteiger partial charge in [0, 0.05) is 35.6 Å². The number of pyridine rings is 1. The molecule has 2 heterocycles. The lowest BCUT2D eigenvalue weighted by Crippen LogP contribution is -2.24. The van der Waals surface area contributed by atoms with Crippen LogP contribution in [0.4, 0.5) is 0 Å². The topological polar surface area (TPSA) is 102 Å². The smallest absolute Gasteiger partial charge is 0.208 e. The van der Waals surface area contributed by atoms with E-state index in [1.165, 1.54) is 6.20 Å². The summed E-state index contributed by atoms with van der Waals surface area (Å²) in [5, 5.41) is 0. The number of fused-ring (bicyclic) bond motifs is 1. The zero-order valence-corrected chi connectivity index (χ0v) is 15.7. The predicted molar refractivity (Wildman–Crippen MR) is 106 cm³/mol. The van der Waals surface area contributed by atoms with Crippen LogP contribution in [0.25, 0.3) is 11.1 Å². The molecule has 140 valence electrons. The number of aliphatic imine (C=N–C) groups is 1. The minimum Gasteiger partial charge on any atom is -0.325 e. The van der Waals surface area contributed by atoms with E-state index in [0.717, 1.165) is 5.56 Å². The molecule has 0 saturated carbocycles. The lowest BCUT2D eigenvalue weighted by atomic mass is 9.93. The molecule has 0 unspecified atom stereocenters. The number of hydrogen-bond donors (Lipinski definition) is 1. The van der Waals surface area contributed by atoms with Gasteiger partial charge in [-0.2, -0.15) is 0 Å². The first-order valence-electron chi connectivity index (χ1n) is 8.67. The van der Waals surface area contributed by atoms with E-state index in [0.29, 0.717) is 22.4 Å². The van der Waals surface area contributed by atoms with Crippen LogP contribution < -0.4 is 5.73 Å². The van der Waals surface area contributed by atoms with Crippen LogP contribution in [0.3, 0.4) is 0 Å². The van der Waals surface area contributed by atoms with Gasteiger partial charge in [-0.25, -0.2) is 8.42 Å². The van der Waals surface area contributed by atoms with Crippen molar-refractivity contribution >= 4 is 21.3 Å². The summed E-state index contributed by atoms with van der Waals surface area (Å²) in [7, 11) is -3.67. The number of Topliss-reactive ketones (excluding diaryl/α,β-unsaturated/α-hetero) is 1. The number of carbonyl (C=O) groups is 1. The number of carbonyl (C=O) groups excluding carboxylic acids is 1. The Kier molecular flexibility index (Phi) is 4.62. The van der Waals surface area contributed by atoms with Crippen molar-refractivity contribution in [2.24, 2.45) is 10.7 Å². The first-order chi connectivity index (χ1) is 13.5. The molecule has 7 heteroatoms. The van der Waals surface area contributed by atoms with E-state index in [1.807, 2.05) is 6.07 Å². The van der Waals surface area contributed by atoms with Crippen molar-refractivity contribution in [3.63, 3.8) is 0 Å². The van der Waals surface area contributed by atoms with Crippen molar-refractivity contribution in [2.75, 3.05) is 13.1 Å². The number of nitrogens with two attached hydrogens (primary N) is 1. The average Bonchev–Trinajstić information content (AvgIpc) is 2.74. The summed E-state index contributed by atoms with van der Waals surface area (Å²) in [6.07, 6.45) is 2.93. The van der Waals surface area contributed by atoms with E-state index in [1.54, 1.807) is 54.7 Å². The molecular formula is C21H17N3O3S. The Labute approximate surface area is 162 Å². The molecule has 2 N–H and O–H groups in total. The first kappa shape index (κ1) is 18.2. The summed E-state index contributed by atoms with van der Waals surface area (Å²) in [5.41, 5.74) is 9.08. The Morgan fingerprint density at radius 3 is 2.43 bits per heavy atom. The third kappa shape index (κ3) is 3.15. The highest BCUT2D eigenvalue weighted by Crippen LogP contribution is 2.28. The highest BCUT2D eigenvalue weighted by molar-refractivity contribution is 7.91. The van der Waals surface area contributed by atoms with Gasteiger partial charge < -0.3 is 5.73 Å². The number of ketones is 1. The Hall–Kier alpha value is -3.16. The third-order valence-electron chi connectivity index (χ3n) is 4.65. The van der Waals surface area contributed by atoms with Gasteiger partial charge in [0.25, 0.3) is 0 Å². The second-order valence-electron chi connectivity index (χ2n) is 6.38. The Morgan fingerprint density at radius 2 is 1.68 bits per heavy atom. The maximum atomic E-state index is 12.9. The molecule has 28 heavy (non-hydrogen) atoms. The van der Waals surface area contributed by atoms with Gasteiger partial charge in [0.15, 0.2) is 5.78 Å². The Balaban J connectivity index is 1.80.